The normalized spacial score (nSPS) is 23.1. The first-order chi connectivity index (χ1) is 11.4. The summed E-state index contributed by atoms with van der Waals surface area (Å²) in [5.41, 5.74) is 0.388. The van der Waals surface area contributed by atoms with E-state index in [1.165, 1.54) is 0 Å². The zero-order valence-electron chi connectivity index (χ0n) is 14.4. The second-order valence-electron chi connectivity index (χ2n) is 6.85. The van der Waals surface area contributed by atoms with Crippen LogP contribution in [-0.4, -0.2) is 55.7 Å². The lowest BCUT2D eigenvalue weighted by Crippen LogP contribution is -2.52. The molecule has 2 heterocycles. The third kappa shape index (κ3) is 3.18. The summed E-state index contributed by atoms with van der Waals surface area (Å²) < 4.78 is 10.5. The van der Waals surface area contributed by atoms with Crippen molar-refractivity contribution < 1.29 is 19.1 Å². The number of hydrogen-bond acceptors (Lipinski definition) is 5. The van der Waals surface area contributed by atoms with E-state index < -0.39 is 5.60 Å². The van der Waals surface area contributed by atoms with E-state index in [1.807, 2.05) is 43.0 Å². The maximum absolute atomic E-state index is 12.8. The van der Waals surface area contributed by atoms with E-state index in [0.717, 1.165) is 24.5 Å². The second-order valence-corrected chi connectivity index (χ2v) is 6.85. The number of esters is 1. The zero-order valence-corrected chi connectivity index (χ0v) is 14.4. The minimum atomic E-state index is -0.710. The first kappa shape index (κ1) is 16.6. The monoisotopic (exact) mass is 332 g/mol. The van der Waals surface area contributed by atoms with Crippen LogP contribution in [0.2, 0.25) is 0 Å². The fourth-order valence-electron chi connectivity index (χ4n) is 3.42. The number of methoxy groups -OCH3 is 1. The van der Waals surface area contributed by atoms with Gasteiger partial charge < -0.3 is 19.3 Å². The maximum Gasteiger partial charge on any atom is 0.307 e. The van der Waals surface area contributed by atoms with Crippen LogP contribution in [0.3, 0.4) is 0 Å². The summed E-state index contributed by atoms with van der Waals surface area (Å²) in [5, 5.41) is 0. The predicted molar refractivity (Wildman–Crippen MR) is 90.1 cm³/mol. The van der Waals surface area contributed by atoms with Gasteiger partial charge in [-0.3, -0.25) is 9.59 Å². The lowest BCUT2D eigenvalue weighted by Gasteiger charge is -2.38. The maximum atomic E-state index is 12.8. The van der Waals surface area contributed by atoms with Gasteiger partial charge in [-0.1, -0.05) is 6.07 Å². The number of carbonyl (C=O) groups is 2. The highest BCUT2D eigenvalue weighted by Gasteiger charge is 2.47. The standard InChI is InChI=1S/C18H24N2O4/c1-18(2)15(12-16(21)24-18)17(22)20-9-7-19(8-10-20)13-5-4-6-14(11-13)23-3/h4-6,11,15H,7-10,12H2,1-3H3. The SMILES string of the molecule is COc1cccc(N2CCN(C(=O)C3CC(=O)OC3(C)C)CC2)c1. The molecule has 2 fully saturated rings. The average molecular weight is 332 g/mol. The highest BCUT2D eigenvalue weighted by atomic mass is 16.6. The molecule has 1 aromatic carbocycles. The van der Waals surface area contributed by atoms with Crippen LogP contribution in [0.25, 0.3) is 0 Å². The largest absolute Gasteiger partial charge is 0.497 e. The predicted octanol–water partition coefficient (Wildman–Crippen LogP) is 1.69. The fraction of sp³-hybridized carbons (Fsp3) is 0.556. The number of hydrogen-bond donors (Lipinski definition) is 0. The number of piperazine rings is 1. The number of ether oxygens (including phenoxy) is 2. The number of nitrogens with zero attached hydrogens (tertiary/aromatic N) is 2. The Morgan fingerprint density at radius 1 is 1.25 bits per heavy atom. The van der Waals surface area contributed by atoms with Crippen molar-refractivity contribution >= 4 is 17.6 Å². The van der Waals surface area contributed by atoms with Crippen molar-refractivity contribution in [1.29, 1.82) is 0 Å². The Balaban J connectivity index is 1.62. The van der Waals surface area contributed by atoms with Crippen molar-refractivity contribution in [1.82, 2.24) is 4.90 Å². The van der Waals surface area contributed by atoms with E-state index in [-0.39, 0.29) is 24.2 Å². The number of benzene rings is 1. The smallest absolute Gasteiger partial charge is 0.307 e. The van der Waals surface area contributed by atoms with Crippen LogP contribution in [-0.2, 0) is 14.3 Å². The summed E-state index contributed by atoms with van der Waals surface area (Å²) in [6.45, 7) is 6.45. The summed E-state index contributed by atoms with van der Waals surface area (Å²) in [7, 11) is 1.66. The van der Waals surface area contributed by atoms with Crippen molar-refractivity contribution in [2.24, 2.45) is 5.92 Å². The first-order valence-electron chi connectivity index (χ1n) is 8.30. The zero-order chi connectivity index (χ0) is 17.3. The molecule has 0 saturated carbocycles. The first-order valence-corrected chi connectivity index (χ1v) is 8.30. The third-order valence-electron chi connectivity index (χ3n) is 4.89. The summed E-state index contributed by atoms with van der Waals surface area (Å²) in [6.07, 6.45) is 0.182. The molecule has 6 heteroatoms. The van der Waals surface area contributed by atoms with Crippen LogP contribution in [0.15, 0.2) is 24.3 Å². The molecule has 2 aliphatic heterocycles. The van der Waals surface area contributed by atoms with Gasteiger partial charge in [0.25, 0.3) is 0 Å². The van der Waals surface area contributed by atoms with Crippen LogP contribution < -0.4 is 9.64 Å². The summed E-state index contributed by atoms with van der Waals surface area (Å²) >= 11 is 0. The molecule has 0 aliphatic carbocycles. The highest BCUT2D eigenvalue weighted by molar-refractivity contribution is 5.87. The lowest BCUT2D eigenvalue weighted by atomic mass is 9.89. The minimum absolute atomic E-state index is 0.0242. The van der Waals surface area contributed by atoms with E-state index in [1.54, 1.807) is 7.11 Å². The summed E-state index contributed by atoms with van der Waals surface area (Å²) in [5.74, 6) is 0.187. The van der Waals surface area contributed by atoms with E-state index >= 15 is 0 Å². The molecular formula is C18H24N2O4. The number of cyclic esters (lactones) is 1. The Kier molecular flexibility index (Phi) is 4.39. The van der Waals surface area contributed by atoms with Crippen molar-refractivity contribution in [3.63, 3.8) is 0 Å². The molecule has 24 heavy (non-hydrogen) atoms. The Bertz CT molecular complexity index is 636. The van der Waals surface area contributed by atoms with Crippen molar-refractivity contribution in [3.8, 4) is 5.75 Å². The number of carbonyl (C=O) groups excluding carboxylic acids is 2. The summed E-state index contributed by atoms with van der Waals surface area (Å²) in [6, 6.07) is 7.94. The van der Waals surface area contributed by atoms with Gasteiger partial charge in [0.15, 0.2) is 0 Å². The Hall–Kier alpha value is -2.24. The van der Waals surface area contributed by atoms with Crippen LogP contribution in [0.1, 0.15) is 20.3 Å². The Morgan fingerprint density at radius 3 is 2.54 bits per heavy atom. The molecule has 0 aromatic heterocycles. The van der Waals surface area contributed by atoms with E-state index in [9.17, 15) is 9.59 Å². The number of anilines is 1. The molecule has 1 amide bonds. The molecule has 130 valence electrons. The summed E-state index contributed by atoms with van der Waals surface area (Å²) in [4.78, 5) is 28.4. The van der Waals surface area contributed by atoms with Gasteiger partial charge in [-0.15, -0.1) is 0 Å². The van der Waals surface area contributed by atoms with Gasteiger partial charge in [0.1, 0.15) is 11.4 Å². The van der Waals surface area contributed by atoms with Gasteiger partial charge in [-0.05, 0) is 26.0 Å². The van der Waals surface area contributed by atoms with Gasteiger partial charge in [0, 0.05) is 37.9 Å². The van der Waals surface area contributed by atoms with Crippen molar-refractivity contribution in [3.05, 3.63) is 24.3 Å². The van der Waals surface area contributed by atoms with Gasteiger partial charge in [0.2, 0.25) is 5.91 Å². The molecule has 0 radical (unpaired) electrons. The Labute approximate surface area is 142 Å². The van der Waals surface area contributed by atoms with E-state index in [2.05, 4.69) is 4.90 Å². The molecule has 0 bridgehead atoms. The fourth-order valence-corrected chi connectivity index (χ4v) is 3.42. The van der Waals surface area contributed by atoms with Gasteiger partial charge in [0.05, 0.1) is 19.4 Å². The van der Waals surface area contributed by atoms with Crippen LogP contribution in [0, 0.1) is 5.92 Å². The number of amides is 1. The van der Waals surface area contributed by atoms with Crippen LogP contribution in [0.4, 0.5) is 5.69 Å². The molecule has 0 spiro atoms. The van der Waals surface area contributed by atoms with Gasteiger partial charge in [-0.2, -0.15) is 0 Å². The molecule has 2 saturated heterocycles. The quantitative estimate of drug-likeness (QED) is 0.788. The van der Waals surface area contributed by atoms with E-state index in [4.69, 9.17) is 9.47 Å². The molecule has 1 unspecified atom stereocenters. The molecule has 1 atom stereocenters. The second kappa shape index (κ2) is 6.34. The molecule has 3 rings (SSSR count). The third-order valence-corrected chi connectivity index (χ3v) is 4.89. The Morgan fingerprint density at radius 2 is 1.96 bits per heavy atom. The molecule has 6 nitrogen and oxygen atoms in total. The molecule has 1 aromatic rings. The van der Waals surface area contributed by atoms with Crippen LogP contribution >= 0.6 is 0 Å². The molecule has 0 N–H and O–H groups in total. The van der Waals surface area contributed by atoms with Crippen molar-refractivity contribution in [2.45, 2.75) is 25.9 Å². The molecule has 2 aliphatic rings. The minimum Gasteiger partial charge on any atom is -0.497 e. The number of rotatable bonds is 3. The van der Waals surface area contributed by atoms with Gasteiger partial charge in [-0.25, -0.2) is 0 Å². The highest BCUT2D eigenvalue weighted by Crippen LogP contribution is 2.34. The van der Waals surface area contributed by atoms with Crippen LogP contribution in [0.5, 0.6) is 5.75 Å². The lowest BCUT2D eigenvalue weighted by molar-refractivity contribution is -0.148. The molecular weight excluding hydrogens is 308 g/mol. The topological polar surface area (TPSA) is 59.1 Å². The average Bonchev–Trinajstić information content (AvgIpc) is 2.86. The van der Waals surface area contributed by atoms with Gasteiger partial charge >= 0.3 is 5.97 Å². The van der Waals surface area contributed by atoms with E-state index in [0.29, 0.717) is 13.1 Å². The van der Waals surface area contributed by atoms with Crippen molar-refractivity contribution in [2.75, 3.05) is 38.2 Å².